The van der Waals surface area contributed by atoms with Crippen molar-refractivity contribution in [1.82, 2.24) is 10.3 Å². The summed E-state index contributed by atoms with van der Waals surface area (Å²) in [7, 11) is -0.970. The normalized spacial score (nSPS) is 11.2. The van der Waals surface area contributed by atoms with Crippen molar-refractivity contribution in [3.05, 3.63) is 30.1 Å². The second-order valence-electron chi connectivity index (χ2n) is 5.16. The van der Waals surface area contributed by atoms with Crippen molar-refractivity contribution < 1.29 is 4.79 Å². The molecule has 1 rings (SSSR count). The van der Waals surface area contributed by atoms with Gasteiger partial charge >= 0.3 is 0 Å². The van der Waals surface area contributed by atoms with E-state index < -0.39 is 8.07 Å². The van der Waals surface area contributed by atoms with Crippen LogP contribution in [-0.4, -0.2) is 25.5 Å². The monoisotopic (exact) mass is 236 g/mol. The lowest BCUT2D eigenvalue weighted by Gasteiger charge is -2.15. The number of nitrogens with one attached hydrogen (secondary N) is 1. The lowest BCUT2D eigenvalue weighted by atomic mass is 10.2. The first kappa shape index (κ1) is 12.9. The number of hydrogen-bond acceptors (Lipinski definition) is 2. The summed E-state index contributed by atoms with van der Waals surface area (Å²) in [5.74, 6) is -0.00187. The quantitative estimate of drug-likeness (QED) is 0.630. The average molecular weight is 236 g/mol. The first-order valence-electron chi connectivity index (χ1n) is 5.67. The molecular formula is C12H20N2OSi. The van der Waals surface area contributed by atoms with Crippen molar-refractivity contribution in [3.63, 3.8) is 0 Å². The van der Waals surface area contributed by atoms with E-state index in [1.54, 1.807) is 24.5 Å². The molecule has 0 aliphatic rings. The molecule has 0 radical (unpaired) electrons. The van der Waals surface area contributed by atoms with E-state index in [1.165, 1.54) is 6.04 Å². The van der Waals surface area contributed by atoms with Crippen LogP contribution in [0.5, 0.6) is 0 Å². The summed E-state index contributed by atoms with van der Waals surface area (Å²) >= 11 is 0. The van der Waals surface area contributed by atoms with Crippen molar-refractivity contribution in [2.24, 2.45) is 0 Å². The molecule has 0 spiro atoms. The molecule has 3 nitrogen and oxygen atoms in total. The van der Waals surface area contributed by atoms with E-state index in [9.17, 15) is 4.79 Å². The summed E-state index contributed by atoms with van der Waals surface area (Å²) in [6.07, 6.45) is 4.35. The molecule has 1 aromatic heterocycles. The van der Waals surface area contributed by atoms with E-state index >= 15 is 0 Å². The van der Waals surface area contributed by atoms with Crippen molar-refractivity contribution in [1.29, 1.82) is 0 Å². The molecule has 1 heterocycles. The fraction of sp³-hybridized carbons (Fsp3) is 0.500. The Kier molecular flexibility index (Phi) is 4.67. The van der Waals surface area contributed by atoms with Gasteiger partial charge in [0, 0.05) is 32.6 Å². The maximum Gasteiger partial charge on any atom is 0.251 e. The first-order valence-corrected chi connectivity index (χ1v) is 9.38. The largest absolute Gasteiger partial charge is 0.352 e. The summed E-state index contributed by atoms with van der Waals surface area (Å²) in [5, 5.41) is 2.93. The van der Waals surface area contributed by atoms with Crippen molar-refractivity contribution in [3.8, 4) is 0 Å². The Balaban J connectivity index is 2.27. The maximum atomic E-state index is 11.6. The molecule has 0 unspecified atom stereocenters. The van der Waals surface area contributed by atoms with E-state index in [0.29, 0.717) is 5.56 Å². The van der Waals surface area contributed by atoms with Gasteiger partial charge in [0.25, 0.3) is 5.91 Å². The van der Waals surface area contributed by atoms with Crippen LogP contribution < -0.4 is 5.32 Å². The highest BCUT2D eigenvalue weighted by Gasteiger charge is 2.12. The Morgan fingerprint density at radius 2 is 1.94 bits per heavy atom. The molecule has 4 heteroatoms. The molecule has 1 amide bonds. The van der Waals surface area contributed by atoms with Gasteiger partial charge in [0.15, 0.2) is 0 Å². The number of pyridine rings is 1. The number of aromatic nitrogens is 1. The zero-order valence-corrected chi connectivity index (χ0v) is 11.3. The van der Waals surface area contributed by atoms with E-state index in [2.05, 4.69) is 29.9 Å². The minimum Gasteiger partial charge on any atom is -0.352 e. The summed E-state index contributed by atoms with van der Waals surface area (Å²) in [6.45, 7) is 7.80. The van der Waals surface area contributed by atoms with Gasteiger partial charge in [-0.05, 0) is 18.6 Å². The molecule has 0 aromatic carbocycles. The average Bonchev–Trinajstić information content (AvgIpc) is 2.24. The summed E-state index contributed by atoms with van der Waals surface area (Å²) in [5.41, 5.74) is 0.683. The van der Waals surface area contributed by atoms with E-state index in [4.69, 9.17) is 0 Å². The minimum absolute atomic E-state index is 0.00187. The second kappa shape index (κ2) is 5.79. The predicted molar refractivity (Wildman–Crippen MR) is 69.3 cm³/mol. The smallest absolute Gasteiger partial charge is 0.251 e. The molecule has 0 atom stereocenters. The Morgan fingerprint density at radius 3 is 2.50 bits per heavy atom. The van der Waals surface area contributed by atoms with Crippen LogP contribution in [0.1, 0.15) is 16.8 Å². The molecule has 0 saturated heterocycles. The third-order valence-electron chi connectivity index (χ3n) is 2.33. The topological polar surface area (TPSA) is 42.0 Å². The van der Waals surface area contributed by atoms with Crippen molar-refractivity contribution >= 4 is 14.0 Å². The highest BCUT2D eigenvalue weighted by atomic mass is 28.3. The van der Waals surface area contributed by atoms with Gasteiger partial charge in [-0.15, -0.1) is 0 Å². The maximum absolute atomic E-state index is 11.6. The van der Waals surface area contributed by atoms with Gasteiger partial charge in [0.2, 0.25) is 0 Å². The lowest BCUT2D eigenvalue weighted by Crippen LogP contribution is -2.27. The van der Waals surface area contributed by atoms with Gasteiger partial charge < -0.3 is 5.32 Å². The number of amides is 1. The molecular weight excluding hydrogens is 216 g/mol. The Bertz CT molecular complexity index is 333. The van der Waals surface area contributed by atoms with Crippen LogP contribution in [0.3, 0.4) is 0 Å². The summed E-state index contributed by atoms with van der Waals surface area (Å²) < 4.78 is 0. The second-order valence-corrected chi connectivity index (χ2v) is 10.8. The van der Waals surface area contributed by atoms with Gasteiger partial charge in [0.1, 0.15) is 0 Å². The summed E-state index contributed by atoms with van der Waals surface area (Å²) in [6, 6.07) is 4.71. The molecule has 0 aliphatic heterocycles. The fourth-order valence-corrected chi connectivity index (χ4v) is 2.66. The molecule has 1 aromatic rings. The van der Waals surface area contributed by atoms with E-state index in [0.717, 1.165) is 13.0 Å². The number of carbonyl (C=O) groups excluding carboxylic acids is 1. The molecule has 0 saturated carbocycles. The Hall–Kier alpha value is -1.16. The van der Waals surface area contributed by atoms with Crippen LogP contribution in [0, 0.1) is 0 Å². The Morgan fingerprint density at radius 1 is 1.31 bits per heavy atom. The molecule has 0 fully saturated rings. The first-order chi connectivity index (χ1) is 7.49. The van der Waals surface area contributed by atoms with Gasteiger partial charge in [-0.2, -0.15) is 0 Å². The van der Waals surface area contributed by atoms with Crippen LogP contribution in [0.4, 0.5) is 0 Å². The molecule has 16 heavy (non-hydrogen) atoms. The molecule has 0 bridgehead atoms. The Labute approximate surface area is 98.3 Å². The molecule has 1 N–H and O–H groups in total. The van der Waals surface area contributed by atoms with Gasteiger partial charge in [0.05, 0.1) is 0 Å². The van der Waals surface area contributed by atoms with Crippen LogP contribution in [0.2, 0.25) is 25.7 Å². The van der Waals surface area contributed by atoms with E-state index in [1.807, 2.05) is 0 Å². The zero-order chi connectivity index (χ0) is 12.0. The summed E-state index contributed by atoms with van der Waals surface area (Å²) in [4.78, 5) is 15.5. The van der Waals surface area contributed by atoms with Crippen molar-refractivity contribution in [2.45, 2.75) is 32.1 Å². The van der Waals surface area contributed by atoms with Crippen LogP contribution in [-0.2, 0) is 0 Å². The zero-order valence-electron chi connectivity index (χ0n) is 10.3. The lowest BCUT2D eigenvalue weighted by molar-refractivity contribution is 0.0953. The minimum atomic E-state index is -0.970. The molecule has 0 aliphatic carbocycles. The van der Waals surface area contributed by atoms with Crippen molar-refractivity contribution in [2.75, 3.05) is 6.54 Å². The van der Waals surface area contributed by atoms with Crippen LogP contribution in [0.15, 0.2) is 24.5 Å². The molecule has 88 valence electrons. The van der Waals surface area contributed by atoms with Crippen LogP contribution >= 0.6 is 0 Å². The van der Waals surface area contributed by atoms with Gasteiger partial charge in [-0.3, -0.25) is 9.78 Å². The number of rotatable bonds is 5. The third kappa shape index (κ3) is 5.07. The number of hydrogen-bond donors (Lipinski definition) is 1. The number of carbonyl (C=O) groups is 1. The highest BCUT2D eigenvalue weighted by Crippen LogP contribution is 2.10. The van der Waals surface area contributed by atoms with E-state index in [-0.39, 0.29) is 5.91 Å². The van der Waals surface area contributed by atoms with Crippen LogP contribution in [0.25, 0.3) is 0 Å². The van der Waals surface area contributed by atoms with Gasteiger partial charge in [-0.25, -0.2) is 0 Å². The predicted octanol–water partition coefficient (Wildman–Crippen LogP) is 2.54. The highest BCUT2D eigenvalue weighted by molar-refractivity contribution is 6.76. The third-order valence-corrected chi connectivity index (χ3v) is 4.19. The van der Waals surface area contributed by atoms with Gasteiger partial charge in [-0.1, -0.05) is 25.7 Å². The fourth-order valence-electron chi connectivity index (χ4n) is 1.43. The standard InChI is InChI=1S/C12H20N2OSi/c1-16(2,3)10-4-7-14-12(15)11-5-8-13-9-6-11/h5-6,8-9H,4,7,10H2,1-3H3,(H,14,15). The number of nitrogens with zero attached hydrogens (tertiary/aromatic N) is 1. The SMILES string of the molecule is C[Si](C)(C)CCCNC(=O)c1ccncc1.